The molecule has 0 N–H and O–H groups in total. The standard InChI is InChI=1S/C13H19BrO2/c1-4-15-7-8-16-13-6-5-11(14)9-12(13)10(2)3/h5-6,9-10H,4,7-8H2,1-3H3. The maximum Gasteiger partial charge on any atom is 0.122 e. The first-order valence-electron chi connectivity index (χ1n) is 5.65. The van der Waals surface area contributed by atoms with Crippen LogP contribution < -0.4 is 4.74 Å². The number of halogens is 1. The zero-order valence-corrected chi connectivity index (χ0v) is 11.7. The lowest BCUT2D eigenvalue weighted by Gasteiger charge is -2.14. The van der Waals surface area contributed by atoms with Crippen LogP contribution in [0.5, 0.6) is 5.75 Å². The van der Waals surface area contributed by atoms with Gasteiger partial charge in [0, 0.05) is 11.1 Å². The second-order valence-corrected chi connectivity index (χ2v) is 4.80. The minimum Gasteiger partial charge on any atom is -0.491 e. The van der Waals surface area contributed by atoms with Gasteiger partial charge in [0.15, 0.2) is 0 Å². The number of benzene rings is 1. The van der Waals surface area contributed by atoms with Gasteiger partial charge in [-0.15, -0.1) is 0 Å². The van der Waals surface area contributed by atoms with Gasteiger partial charge in [0.1, 0.15) is 12.4 Å². The van der Waals surface area contributed by atoms with Crippen LogP contribution in [0, 0.1) is 0 Å². The van der Waals surface area contributed by atoms with E-state index in [4.69, 9.17) is 9.47 Å². The summed E-state index contributed by atoms with van der Waals surface area (Å²) in [4.78, 5) is 0. The van der Waals surface area contributed by atoms with Gasteiger partial charge in [0.2, 0.25) is 0 Å². The van der Waals surface area contributed by atoms with Gasteiger partial charge in [0.25, 0.3) is 0 Å². The summed E-state index contributed by atoms with van der Waals surface area (Å²) in [6.07, 6.45) is 0. The first-order valence-corrected chi connectivity index (χ1v) is 6.44. The zero-order chi connectivity index (χ0) is 12.0. The third-order valence-electron chi connectivity index (χ3n) is 2.28. The highest BCUT2D eigenvalue weighted by atomic mass is 79.9. The summed E-state index contributed by atoms with van der Waals surface area (Å²) in [6.45, 7) is 8.30. The quantitative estimate of drug-likeness (QED) is 0.737. The van der Waals surface area contributed by atoms with E-state index in [1.54, 1.807) is 0 Å². The van der Waals surface area contributed by atoms with Crippen LogP contribution in [-0.4, -0.2) is 19.8 Å². The van der Waals surface area contributed by atoms with Crippen molar-refractivity contribution in [3.05, 3.63) is 28.2 Å². The molecule has 0 aromatic heterocycles. The topological polar surface area (TPSA) is 18.5 Å². The lowest BCUT2D eigenvalue weighted by Crippen LogP contribution is -2.08. The van der Waals surface area contributed by atoms with E-state index < -0.39 is 0 Å². The molecule has 0 aliphatic rings. The van der Waals surface area contributed by atoms with Crippen LogP contribution >= 0.6 is 15.9 Å². The molecule has 0 saturated carbocycles. The van der Waals surface area contributed by atoms with Crippen molar-refractivity contribution >= 4 is 15.9 Å². The molecule has 16 heavy (non-hydrogen) atoms. The van der Waals surface area contributed by atoms with Gasteiger partial charge < -0.3 is 9.47 Å². The third-order valence-corrected chi connectivity index (χ3v) is 2.78. The fourth-order valence-corrected chi connectivity index (χ4v) is 1.84. The Balaban J connectivity index is 2.64. The van der Waals surface area contributed by atoms with Gasteiger partial charge in [-0.3, -0.25) is 0 Å². The predicted octanol–water partition coefficient (Wildman–Crippen LogP) is 3.99. The number of hydrogen-bond acceptors (Lipinski definition) is 2. The van der Waals surface area contributed by atoms with E-state index in [0.29, 0.717) is 19.1 Å². The monoisotopic (exact) mass is 286 g/mol. The Kier molecular flexibility index (Phi) is 5.85. The molecule has 1 rings (SSSR count). The molecule has 0 aliphatic heterocycles. The smallest absolute Gasteiger partial charge is 0.122 e. The van der Waals surface area contributed by atoms with E-state index in [1.165, 1.54) is 5.56 Å². The van der Waals surface area contributed by atoms with Crippen LogP contribution in [0.4, 0.5) is 0 Å². The van der Waals surface area contributed by atoms with Gasteiger partial charge in [0.05, 0.1) is 6.61 Å². The van der Waals surface area contributed by atoms with Crippen LogP contribution in [-0.2, 0) is 4.74 Å². The Morgan fingerprint density at radius 3 is 2.62 bits per heavy atom. The highest BCUT2D eigenvalue weighted by molar-refractivity contribution is 9.10. The van der Waals surface area contributed by atoms with Crippen molar-refractivity contribution in [2.24, 2.45) is 0 Å². The zero-order valence-electron chi connectivity index (χ0n) is 10.1. The molecular weight excluding hydrogens is 268 g/mol. The first-order chi connectivity index (χ1) is 7.65. The van der Waals surface area contributed by atoms with Crippen molar-refractivity contribution in [1.82, 2.24) is 0 Å². The molecule has 3 heteroatoms. The Morgan fingerprint density at radius 1 is 1.25 bits per heavy atom. The van der Waals surface area contributed by atoms with Crippen LogP contribution in [0.3, 0.4) is 0 Å². The van der Waals surface area contributed by atoms with E-state index in [0.717, 1.165) is 16.8 Å². The van der Waals surface area contributed by atoms with Crippen LogP contribution in [0.15, 0.2) is 22.7 Å². The second-order valence-electron chi connectivity index (χ2n) is 3.88. The van der Waals surface area contributed by atoms with Gasteiger partial charge in [-0.25, -0.2) is 0 Å². The molecule has 0 atom stereocenters. The predicted molar refractivity (Wildman–Crippen MR) is 70.2 cm³/mol. The SMILES string of the molecule is CCOCCOc1ccc(Br)cc1C(C)C. The van der Waals surface area contributed by atoms with Gasteiger partial charge >= 0.3 is 0 Å². The summed E-state index contributed by atoms with van der Waals surface area (Å²) in [5.41, 5.74) is 1.23. The Labute approximate surface area is 106 Å². The molecule has 0 radical (unpaired) electrons. The molecule has 1 aromatic carbocycles. The molecule has 0 unspecified atom stereocenters. The van der Waals surface area contributed by atoms with Crippen LogP contribution in [0.2, 0.25) is 0 Å². The summed E-state index contributed by atoms with van der Waals surface area (Å²) in [6, 6.07) is 6.12. The molecule has 0 saturated heterocycles. The van der Waals surface area contributed by atoms with Crippen molar-refractivity contribution in [3.63, 3.8) is 0 Å². The van der Waals surface area contributed by atoms with Crippen LogP contribution in [0.25, 0.3) is 0 Å². The Bertz CT molecular complexity index is 324. The minimum absolute atomic E-state index is 0.458. The molecule has 2 nitrogen and oxygen atoms in total. The molecule has 90 valence electrons. The molecule has 0 amide bonds. The minimum atomic E-state index is 0.458. The van der Waals surface area contributed by atoms with Crippen molar-refractivity contribution in [2.45, 2.75) is 26.7 Å². The van der Waals surface area contributed by atoms with E-state index in [1.807, 2.05) is 19.1 Å². The summed E-state index contributed by atoms with van der Waals surface area (Å²) in [7, 11) is 0. The number of ether oxygens (including phenoxy) is 2. The summed E-state index contributed by atoms with van der Waals surface area (Å²) in [5, 5.41) is 0. The number of hydrogen-bond donors (Lipinski definition) is 0. The first kappa shape index (κ1) is 13.5. The maximum atomic E-state index is 5.71. The van der Waals surface area contributed by atoms with Crippen molar-refractivity contribution in [3.8, 4) is 5.75 Å². The fraction of sp³-hybridized carbons (Fsp3) is 0.538. The maximum absolute atomic E-state index is 5.71. The van der Waals surface area contributed by atoms with Crippen molar-refractivity contribution < 1.29 is 9.47 Å². The van der Waals surface area contributed by atoms with Crippen molar-refractivity contribution in [2.75, 3.05) is 19.8 Å². The molecule has 0 bridgehead atoms. The van der Waals surface area contributed by atoms with E-state index in [9.17, 15) is 0 Å². The van der Waals surface area contributed by atoms with Crippen molar-refractivity contribution in [1.29, 1.82) is 0 Å². The highest BCUT2D eigenvalue weighted by Gasteiger charge is 2.08. The molecule has 0 aliphatic carbocycles. The third kappa shape index (κ3) is 4.14. The highest BCUT2D eigenvalue weighted by Crippen LogP contribution is 2.29. The van der Waals surface area contributed by atoms with Gasteiger partial charge in [-0.05, 0) is 36.6 Å². The average Bonchev–Trinajstić information content (AvgIpc) is 2.26. The van der Waals surface area contributed by atoms with Gasteiger partial charge in [-0.1, -0.05) is 29.8 Å². The Morgan fingerprint density at radius 2 is 2.00 bits per heavy atom. The van der Waals surface area contributed by atoms with E-state index in [2.05, 4.69) is 35.8 Å². The van der Waals surface area contributed by atoms with Gasteiger partial charge in [-0.2, -0.15) is 0 Å². The lowest BCUT2D eigenvalue weighted by molar-refractivity contribution is 0.109. The summed E-state index contributed by atoms with van der Waals surface area (Å²) in [5.74, 6) is 1.41. The van der Waals surface area contributed by atoms with Crippen LogP contribution in [0.1, 0.15) is 32.3 Å². The average molecular weight is 287 g/mol. The Hall–Kier alpha value is -0.540. The molecule has 0 heterocycles. The largest absolute Gasteiger partial charge is 0.491 e. The number of rotatable bonds is 6. The summed E-state index contributed by atoms with van der Waals surface area (Å²) >= 11 is 3.48. The fourth-order valence-electron chi connectivity index (χ4n) is 1.46. The lowest BCUT2D eigenvalue weighted by atomic mass is 10.0. The molecule has 0 spiro atoms. The molecular formula is C13H19BrO2. The molecule has 1 aromatic rings. The van der Waals surface area contributed by atoms with E-state index >= 15 is 0 Å². The molecule has 0 fully saturated rings. The summed E-state index contributed by atoms with van der Waals surface area (Å²) < 4.78 is 12.0. The van der Waals surface area contributed by atoms with E-state index in [-0.39, 0.29) is 0 Å². The second kappa shape index (κ2) is 6.92. The normalized spacial score (nSPS) is 10.8.